The van der Waals surface area contributed by atoms with Crippen LogP contribution in [0.2, 0.25) is 0 Å². The molecule has 0 radical (unpaired) electrons. The van der Waals surface area contributed by atoms with Crippen molar-refractivity contribution in [3.63, 3.8) is 0 Å². The Bertz CT molecular complexity index is 1050. The van der Waals surface area contributed by atoms with Crippen molar-refractivity contribution in [3.8, 4) is 5.69 Å². The van der Waals surface area contributed by atoms with Crippen LogP contribution in [0.25, 0.3) is 5.69 Å². The van der Waals surface area contributed by atoms with Gasteiger partial charge in [0.25, 0.3) is 5.91 Å². The molecule has 4 nitrogen and oxygen atoms in total. The van der Waals surface area contributed by atoms with Crippen molar-refractivity contribution in [2.75, 3.05) is 0 Å². The van der Waals surface area contributed by atoms with Gasteiger partial charge in [0.2, 0.25) is 0 Å². The summed E-state index contributed by atoms with van der Waals surface area (Å²) in [4.78, 5) is 12.3. The number of nitrogens with zero attached hydrogens (tertiary/aromatic N) is 2. The molecule has 0 aliphatic heterocycles. The maximum atomic E-state index is 12.3. The minimum Gasteiger partial charge on any atom is -0.317 e. The first-order chi connectivity index (χ1) is 13.4. The van der Waals surface area contributed by atoms with Gasteiger partial charge in [-0.1, -0.05) is 37.3 Å². The SMILES string of the molecule is CCc1cccc(C)c1-n1c(C)cc(/C=N\NC(=O)c2ccccc2Br)c1C. The van der Waals surface area contributed by atoms with Gasteiger partial charge in [0.15, 0.2) is 0 Å². The molecular weight excluding hydrogens is 414 g/mol. The van der Waals surface area contributed by atoms with Crippen LogP contribution < -0.4 is 5.43 Å². The minimum atomic E-state index is -0.246. The average Bonchev–Trinajstić information content (AvgIpc) is 2.95. The molecule has 0 atom stereocenters. The van der Waals surface area contributed by atoms with Crippen molar-refractivity contribution in [2.24, 2.45) is 5.10 Å². The molecule has 1 heterocycles. The first-order valence-corrected chi connectivity index (χ1v) is 10.1. The molecule has 5 heteroatoms. The standard InChI is InChI=1S/C23H24BrN3O/c1-5-18-10-8-9-15(2)22(18)27-16(3)13-19(17(27)4)14-25-26-23(28)20-11-6-7-12-21(20)24/h6-14H,5H2,1-4H3,(H,26,28)/b25-14-. The first-order valence-electron chi connectivity index (χ1n) is 9.29. The van der Waals surface area contributed by atoms with Gasteiger partial charge in [0.1, 0.15) is 0 Å². The summed E-state index contributed by atoms with van der Waals surface area (Å²) in [6, 6.07) is 15.8. The second-order valence-corrected chi connectivity index (χ2v) is 7.63. The topological polar surface area (TPSA) is 46.4 Å². The normalized spacial score (nSPS) is 11.2. The number of hydrogen-bond donors (Lipinski definition) is 1. The highest BCUT2D eigenvalue weighted by Crippen LogP contribution is 2.26. The zero-order valence-electron chi connectivity index (χ0n) is 16.6. The second kappa shape index (κ2) is 8.57. The molecular formula is C23H24BrN3O. The van der Waals surface area contributed by atoms with Gasteiger partial charge in [0.05, 0.1) is 17.5 Å². The fourth-order valence-corrected chi connectivity index (χ4v) is 3.92. The summed E-state index contributed by atoms with van der Waals surface area (Å²) in [6.45, 7) is 8.48. The van der Waals surface area contributed by atoms with Crippen LogP contribution in [0, 0.1) is 20.8 Å². The molecule has 144 valence electrons. The van der Waals surface area contributed by atoms with E-state index >= 15 is 0 Å². The molecule has 0 fully saturated rings. The highest BCUT2D eigenvalue weighted by atomic mass is 79.9. The zero-order valence-corrected chi connectivity index (χ0v) is 18.2. The number of halogens is 1. The third kappa shape index (κ3) is 3.94. The molecule has 0 spiro atoms. The van der Waals surface area contributed by atoms with Gasteiger partial charge in [0, 0.05) is 21.4 Å². The number of carbonyl (C=O) groups excluding carboxylic acids is 1. The van der Waals surface area contributed by atoms with E-state index in [9.17, 15) is 4.79 Å². The molecule has 28 heavy (non-hydrogen) atoms. The monoisotopic (exact) mass is 437 g/mol. The lowest BCUT2D eigenvalue weighted by Crippen LogP contribution is -2.18. The lowest BCUT2D eigenvalue weighted by atomic mass is 10.1. The Morgan fingerprint density at radius 1 is 1.14 bits per heavy atom. The fraction of sp³-hybridized carbons (Fsp3) is 0.217. The third-order valence-corrected chi connectivity index (χ3v) is 5.58. The number of aromatic nitrogens is 1. The van der Waals surface area contributed by atoms with Gasteiger partial charge < -0.3 is 4.57 Å². The molecule has 1 amide bonds. The van der Waals surface area contributed by atoms with Crippen LogP contribution in [-0.2, 0) is 6.42 Å². The molecule has 1 N–H and O–H groups in total. The number of rotatable bonds is 5. The van der Waals surface area contributed by atoms with Crippen LogP contribution in [0.15, 0.2) is 58.1 Å². The Balaban J connectivity index is 1.88. The Labute approximate surface area is 174 Å². The van der Waals surface area contributed by atoms with Crippen molar-refractivity contribution >= 4 is 28.1 Å². The summed E-state index contributed by atoms with van der Waals surface area (Å²) in [5.74, 6) is -0.246. The number of para-hydroxylation sites is 1. The summed E-state index contributed by atoms with van der Waals surface area (Å²) in [6.07, 6.45) is 2.68. The van der Waals surface area contributed by atoms with Crippen LogP contribution in [0.4, 0.5) is 0 Å². The van der Waals surface area contributed by atoms with Gasteiger partial charge in [-0.15, -0.1) is 0 Å². The van der Waals surface area contributed by atoms with E-state index in [0.717, 1.165) is 27.8 Å². The van der Waals surface area contributed by atoms with Crippen LogP contribution in [0.1, 0.15) is 45.4 Å². The minimum absolute atomic E-state index is 0.246. The van der Waals surface area contributed by atoms with E-state index in [0.29, 0.717) is 5.56 Å². The Hall–Kier alpha value is -2.66. The van der Waals surface area contributed by atoms with Crippen molar-refractivity contribution in [2.45, 2.75) is 34.1 Å². The van der Waals surface area contributed by atoms with E-state index in [-0.39, 0.29) is 5.91 Å². The Morgan fingerprint density at radius 2 is 1.89 bits per heavy atom. The van der Waals surface area contributed by atoms with Crippen molar-refractivity contribution in [3.05, 3.63) is 86.6 Å². The average molecular weight is 438 g/mol. The van der Waals surface area contributed by atoms with Gasteiger partial charge in [-0.3, -0.25) is 4.79 Å². The Morgan fingerprint density at radius 3 is 2.61 bits per heavy atom. The van der Waals surface area contributed by atoms with Gasteiger partial charge >= 0.3 is 0 Å². The fourth-order valence-electron chi connectivity index (χ4n) is 3.45. The van der Waals surface area contributed by atoms with E-state index in [2.05, 4.69) is 83.0 Å². The van der Waals surface area contributed by atoms with Crippen molar-refractivity contribution in [1.82, 2.24) is 9.99 Å². The number of benzene rings is 2. The maximum absolute atomic E-state index is 12.3. The van der Waals surface area contributed by atoms with Crippen LogP contribution in [0.3, 0.4) is 0 Å². The van der Waals surface area contributed by atoms with E-state index < -0.39 is 0 Å². The quantitative estimate of drug-likeness (QED) is 0.416. The summed E-state index contributed by atoms with van der Waals surface area (Å²) in [5, 5.41) is 4.17. The summed E-state index contributed by atoms with van der Waals surface area (Å²) in [7, 11) is 0. The van der Waals surface area contributed by atoms with Crippen LogP contribution in [0.5, 0.6) is 0 Å². The smallest absolute Gasteiger partial charge is 0.272 e. The number of hydrogen-bond acceptors (Lipinski definition) is 2. The van der Waals surface area contributed by atoms with E-state index in [4.69, 9.17) is 0 Å². The highest BCUT2D eigenvalue weighted by molar-refractivity contribution is 9.10. The summed E-state index contributed by atoms with van der Waals surface area (Å²) in [5.41, 5.74) is 10.2. The molecule has 0 aliphatic carbocycles. The predicted molar refractivity (Wildman–Crippen MR) is 119 cm³/mol. The second-order valence-electron chi connectivity index (χ2n) is 6.78. The third-order valence-electron chi connectivity index (χ3n) is 4.88. The molecule has 0 saturated carbocycles. The van der Waals surface area contributed by atoms with Crippen molar-refractivity contribution in [1.29, 1.82) is 0 Å². The van der Waals surface area contributed by atoms with E-state index in [1.807, 2.05) is 18.2 Å². The van der Waals surface area contributed by atoms with E-state index in [1.54, 1.807) is 12.3 Å². The lowest BCUT2D eigenvalue weighted by Gasteiger charge is -2.17. The van der Waals surface area contributed by atoms with E-state index in [1.165, 1.54) is 16.8 Å². The molecule has 0 bridgehead atoms. The largest absolute Gasteiger partial charge is 0.317 e. The summed E-state index contributed by atoms with van der Waals surface area (Å²) < 4.78 is 3.01. The molecule has 0 unspecified atom stereocenters. The van der Waals surface area contributed by atoms with Crippen LogP contribution >= 0.6 is 15.9 Å². The molecule has 1 aromatic heterocycles. The molecule has 0 saturated heterocycles. The number of carbonyl (C=O) groups is 1. The number of hydrazone groups is 1. The lowest BCUT2D eigenvalue weighted by molar-refractivity contribution is 0.0954. The number of aryl methyl sites for hydroxylation is 3. The first kappa shape index (κ1) is 20.1. The summed E-state index contributed by atoms with van der Waals surface area (Å²) >= 11 is 3.39. The molecule has 3 rings (SSSR count). The zero-order chi connectivity index (χ0) is 20.3. The van der Waals surface area contributed by atoms with Gasteiger partial charge in [-0.25, -0.2) is 5.43 Å². The maximum Gasteiger partial charge on any atom is 0.272 e. The molecule has 3 aromatic rings. The van der Waals surface area contributed by atoms with Gasteiger partial charge in [-0.2, -0.15) is 5.10 Å². The predicted octanol–water partition coefficient (Wildman–Crippen LogP) is 5.49. The van der Waals surface area contributed by atoms with Gasteiger partial charge in [-0.05, 0) is 72.4 Å². The number of amides is 1. The molecule has 2 aromatic carbocycles. The highest BCUT2D eigenvalue weighted by Gasteiger charge is 2.14. The number of nitrogens with one attached hydrogen (secondary N) is 1. The van der Waals surface area contributed by atoms with Crippen LogP contribution in [-0.4, -0.2) is 16.7 Å². The molecule has 0 aliphatic rings. The Kier molecular flexibility index (Phi) is 6.15. The van der Waals surface area contributed by atoms with Crippen molar-refractivity contribution < 1.29 is 4.79 Å².